The third-order valence-corrected chi connectivity index (χ3v) is 7.90. The first-order valence-electron chi connectivity index (χ1n) is 12.1. The molecule has 1 amide bonds. The van der Waals surface area contributed by atoms with Gasteiger partial charge in [0.1, 0.15) is 17.0 Å². The van der Waals surface area contributed by atoms with Crippen molar-refractivity contribution in [3.8, 4) is 22.6 Å². The Labute approximate surface area is 272 Å². The molecule has 0 aliphatic carbocycles. The van der Waals surface area contributed by atoms with Crippen molar-refractivity contribution < 1.29 is 19.1 Å². The summed E-state index contributed by atoms with van der Waals surface area (Å²) in [5.74, 6) is -0.753. The van der Waals surface area contributed by atoms with E-state index in [9.17, 15) is 9.59 Å². The molecule has 1 aromatic heterocycles. The monoisotopic (exact) mass is 747 g/mol. The van der Waals surface area contributed by atoms with Gasteiger partial charge in [0.05, 0.1) is 28.3 Å². The van der Waals surface area contributed by atoms with Gasteiger partial charge in [-0.2, -0.15) is 5.10 Å². The van der Waals surface area contributed by atoms with Gasteiger partial charge in [-0.1, -0.05) is 81.1 Å². The van der Waals surface area contributed by atoms with Crippen molar-refractivity contribution in [2.45, 2.75) is 0 Å². The van der Waals surface area contributed by atoms with Crippen LogP contribution in [0.25, 0.3) is 22.0 Å². The fourth-order valence-electron chi connectivity index (χ4n) is 4.28. The number of nitrogens with one attached hydrogen (secondary N) is 2. The zero-order valence-corrected chi connectivity index (χ0v) is 26.9. The lowest BCUT2D eigenvalue weighted by Crippen LogP contribution is -2.19. The number of rotatable bonds is 7. The van der Waals surface area contributed by atoms with Gasteiger partial charge in [-0.3, -0.25) is 4.79 Å². The molecule has 5 rings (SSSR count). The third kappa shape index (κ3) is 6.35. The second-order valence-corrected chi connectivity index (χ2v) is 11.8. The quantitative estimate of drug-likeness (QED) is 0.0751. The Balaban J connectivity index is 1.47. The molecule has 212 valence electrons. The van der Waals surface area contributed by atoms with E-state index in [0.29, 0.717) is 51.8 Å². The Morgan fingerprint density at radius 3 is 2.45 bits per heavy atom. The largest absolute Gasteiger partial charge is 0.496 e. The Kier molecular flexibility index (Phi) is 9.25. The standard InChI is InChI=1S/C30H18Br2Cl3N3O4/c1-41-24-8-7-18(33)11-20(24)30(40)42-28-16(9-17(31)10-22(28)32)14-36-38-29(39)27-25(15-5-3-2-4-6-15)21-12-19(34)13-23(35)26(21)37-27/h2-14,37H,1H3,(H,38,39). The van der Waals surface area contributed by atoms with Crippen LogP contribution < -0.4 is 14.9 Å². The highest BCUT2D eigenvalue weighted by atomic mass is 79.9. The van der Waals surface area contributed by atoms with Crippen LogP contribution in [-0.4, -0.2) is 30.2 Å². The smallest absolute Gasteiger partial charge is 0.347 e. The van der Waals surface area contributed by atoms with Gasteiger partial charge in [0, 0.05) is 31.0 Å². The Bertz CT molecular complexity index is 1880. The summed E-state index contributed by atoms with van der Waals surface area (Å²) in [6.07, 6.45) is 1.36. The highest BCUT2D eigenvalue weighted by Gasteiger charge is 2.22. The number of aromatic amines is 1. The van der Waals surface area contributed by atoms with Crippen molar-refractivity contribution in [1.82, 2.24) is 10.4 Å². The fourth-order valence-corrected chi connectivity index (χ4v) is 6.33. The average Bonchev–Trinajstić information content (AvgIpc) is 3.35. The van der Waals surface area contributed by atoms with E-state index in [1.165, 1.54) is 19.4 Å². The van der Waals surface area contributed by atoms with Crippen LogP contribution in [0.5, 0.6) is 11.5 Å². The van der Waals surface area contributed by atoms with Crippen LogP contribution in [0.2, 0.25) is 15.1 Å². The number of H-pyrrole nitrogens is 1. The number of aromatic nitrogens is 1. The second-order valence-electron chi connectivity index (χ2n) is 8.79. The van der Waals surface area contributed by atoms with Crippen LogP contribution in [0.3, 0.4) is 0 Å². The predicted molar refractivity (Wildman–Crippen MR) is 174 cm³/mol. The maximum atomic E-state index is 13.4. The molecule has 2 N–H and O–H groups in total. The lowest BCUT2D eigenvalue weighted by Gasteiger charge is -2.12. The molecule has 0 unspecified atom stereocenters. The molecule has 1 heterocycles. The van der Waals surface area contributed by atoms with Crippen molar-refractivity contribution in [2.75, 3.05) is 7.11 Å². The van der Waals surface area contributed by atoms with Crippen LogP contribution in [0, 0.1) is 0 Å². The molecule has 0 saturated carbocycles. The van der Waals surface area contributed by atoms with Crippen LogP contribution >= 0.6 is 66.7 Å². The van der Waals surface area contributed by atoms with Crippen LogP contribution in [0.15, 0.2) is 86.8 Å². The number of carbonyl (C=O) groups excluding carboxylic acids is 2. The minimum absolute atomic E-state index is 0.141. The SMILES string of the molecule is COc1ccc(Cl)cc1C(=O)Oc1c(Br)cc(Br)cc1C=NNC(=O)c1[nH]c2c(Cl)cc(Cl)cc2c1-c1ccccc1. The minimum Gasteiger partial charge on any atom is -0.496 e. The van der Waals surface area contributed by atoms with E-state index in [2.05, 4.69) is 47.4 Å². The molecule has 12 heteroatoms. The van der Waals surface area contributed by atoms with Gasteiger partial charge in [0.15, 0.2) is 5.75 Å². The zero-order valence-electron chi connectivity index (χ0n) is 21.5. The molecule has 0 aliphatic heterocycles. The van der Waals surface area contributed by atoms with Gasteiger partial charge >= 0.3 is 5.97 Å². The summed E-state index contributed by atoms with van der Waals surface area (Å²) in [4.78, 5) is 29.6. The van der Waals surface area contributed by atoms with Crippen molar-refractivity contribution in [3.05, 3.63) is 114 Å². The summed E-state index contributed by atoms with van der Waals surface area (Å²) in [5.41, 5.74) is 5.30. The molecule has 0 bridgehead atoms. The number of carbonyl (C=O) groups is 2. The van der Waals surface area contributed by atoms with E-state index in [1.54, 1.807) is 36.4 Å². The van der Waals surface area contributed by atoms with E-state index < -0.39 is 11.9 Å². The summed E-state index contributed by atoms with van der Waals surface area (Å²) in [7, 11) is 1.44. The first-order valence-corrected chi connectivity index (χ1v) is 14.8. The molecule has 0 saturated heterocycles. The zero-order chi connectivity index (χ0) is 30.0. The molecular formula is C30H18Br2Cl3N3O4. The van der Waals surface area contributed by atoms with Gasteiger partial charge in [-0.05, 0) is 64.0 Å². The minimum atomic E-state index is -0.697. The molecule has 4 aromatic carbocycles. The molecule has 7 nitrogen and oxygen atoms in total. The van der Waals surface area contributed by atoms with E-state index in [0.717, 1.165) is 5.56 Å². The molecule has 0 radical (unpaired) electrons. The lowest BCUT2D eigenvalue weighted by molar-refractivity contribution is 0.0729. The van der Waals surface area contributed by atoms with Crippen molar-refractivity contribution >= 4 is 95.7 Å². The van der Waals surface area contributed by atoms with Crippen LogP contribution in [-0.2, 0) is 0 Å². The first kappa shape index (κ1) is 30.1. The highest BCUT2D eigenvalue weighted by Crippen LogP contribution is 2.38. The number of nitrogens with zero attached hydrogens (tertiary/aromatic N) is 1. The van der Waals surface area contributed by atoms with E-state index in [1.807, 2.05) is 30.3 Å². The van der Waals surface area contributed by atoms with Crippen molar-refractivity contribution in [3.63, 3.8) is 0 Å². The van der Waals surface area contributed by atoms with Crippen LogP contribution in [0.4, 0.5) is 0 Å². The number of hydrogen-bond acceptors (Lipinski definition) is 5. The molecule has 0 atom stereocenters. The van der Waals surface area contributed by atoms with Crippen molar-refractivity contribution in [2.24, 2.45) is 5.10 Å². The van der Waals surface area contributed by atoms with Gasteiger partial charge in [-0.15, -0.1) is 0 Å². The molecule has 0 aliphatic rings. The number of amides is 1. The summed E-state index contributed by atoms with van der Waals surface area (Å²) in [6.45, 7) is 0. The maximum Gasteiger partial charge on any atom is 0.347 e. The summed E-state index contributed by atoms with van der Waals surface area (Å²) in [6, 6.07) is 20.7. The first-order chi connectivity index (χ1) is 20.2. The van der Waals surface area contributed by atoms with Gasteiger partial charge in [0.2, 0.25) is 0 Å². The number of fused-ring (bicyclic) bond motifs is 1. The van der Waals surface area contributed by atoms with E-state index in [-0.39, 0.29) is 17.0 Å². The Morgan fingerprint density at radius 2 is 1.71 bits per heavy atom. The summed E-state index contributed by atoms with van der Waals surface area (Å²) < 4.78 is 12.1. The number of halogens is 5. The van der Waals surface area contributed by atoms with Crippen molar-refractivity contribution in [1.29, 1.82) is 0 Å². The maximum absolute atomic E-state index is 13.4. The summed E-state index contributed by atoms with van der Waals surface area (Å²) in [5, 5.41) is 6.00. The van der Waals surface area contributed by atoms with E-state index >= 15 is 0 Å². The Morgan fingerprint density at radius 1 is 0.952 bits per heavy atom. The average molecular weight is 751 g/mol. The number of esters is 1. The lowest BCUT2D eigenvalue weighted by atomic mass is 10.0. The molecule has 5 aromatic rings. The van der Waals surface area contributed by atoms with Gasteiger partial charge in [0.25, 0.3) is 5.91 Å². The molecular weight excluding hydrogens is 733 g/mol. The molecule has 0 spiro atoms. The van der Waals surface area contributed by atoms with Gasteiger partial charge in [-0.25, -0.2) is 10.2 Å². The topological polar surface area (TPSA) is 92.8 Å². The third-order valence-electron chi connectivity index (χ3n) is 6.10. The number of hydrazone groups is 1. The number of hydrogen-bond donors (Lipinski definition) is 2. The number of ether oxygens (including phenoxy) is 2. The second kappa shape index (κ2) is 12.9. The molecule has 42 heavy (non-hydrogen) atoms. The fraction of sp³-hybridized carbons (Fsp3) is 0.0333. The Hall–Kier alpha value is -3.34. The number of benzene rings is 4. The van der Waals surface area contributed by atoms with Crippen LogP contribution in [0.1, 0.15) is 26.4 Å². The van der Waals surface area contributed by atoms with Gasteiger partial charge < -0.3 is 14.5 Å². The number of methoxy groups -OCH3 is 1. The summed E-state index contributed by atoms with van der Waals surface area (Å²) >= 11 is 25.7. The normalized spacial score (nSPS) is 11.2. The molecule has 0 fully saturated rings. The predicted octanol–water partition coefficient (Wildman–Crippen LogP) is 9.31. The van der Waals surface area contributed by atoms with E-state index in [4.69, 9.17) is 44.3 Å². The highest BCUT2D eigenvalue weighted by molar-refractivity contribution is 9.11.